The fourth-order valence-corrected chi connectivity index (χ4v) is 1.75. The zero-order valence-corrected chi connectivity index (χ0v) is 9.03. The van der Waals surface area contributed by atoms with Crippen LogP contribution in [0.2, 0.25) is 0 Å². The van der Waals surface area contributed by atoms with Gasteiger partial charge in [-0.05, 0) is 13.5 Å². The van der Waals surface area contributed by atoms with E-state index in [0.717, 1.165) is 13.1 Å². The third-order valence-corrected chi connectivity index (χ3v) is 2.70. The molecule has 0 radical (unpaired) electrons. The van der Waals surface area contributed by atoms with E-state index in [0.29, 0.717) is 19.4 Å². The molecule has 1 atom stereocenters. The predicted octanol–water partition coefficient (Wildman–Crippen LogP) is -0.286. The highest BCUT2D eigenvalue weighted by Gasteiger charge is 2.24. The van der Waals surface area contributed by atoms with Gasteiger partial charge in [0.05, 0.1) is 6.04 Å². The van der Waals surface area contributed by atoms with Gasteiger partial charge in [-0.2, -0.15) is 0 Å². The monoisotopic (exact) mass is 214 g/mol. The molecule has 1 saturated heterocycles. The van der Waals surface area contributed by atoms with Gasteiger partial charge in [-0.15, -0.1) is 0 Å². The molecule has 1 fully saturated rings. The summed E-state index contributed by atoms with van der Waals surface area (Å²) in [6.45, 7) is 2.47. The lowest BCUT2D eigenvalue weighted by molar-refractivity contribution is -0.137. The molecule has 0 aromatic rings. The van der Waals surface area contributed by atoms with Gasteiger partial charge in [0.15, 0.2) is 5.78 Å². The lowest BCUT2D eigenvalue weighted by Crippen LogP contribution is -2.53. The van der Waals surface area contributed by atoms with Gasteiger partial charge >= 0.3 is 5.97 Å². The first kappa shape index (κ1) is 12.1. The van der Waals surface area contributed by atoms with Crippen LogP contribution in [0, 0.1) is 0 Å². The highest BCUT2D eigenvalue weighted by molar-refractivity contribution is 5.84. The third kappa shape index (κ3) is 3.97. The number of hydrogen-bond donors (Lipinski definition) is 2. The molecule has 15 heavy (non-hydrogen) atoms. The molecule has 0 aromatic carbocycles. The average Bonchev–Trinajstić information content (AvgIpc) is 2.17. The average molecular weight is 214 g/mol. The van der Waals surface area contributed by atoms with Crippen LogP contribution < -0.4 is 5.32 Å². The maximum Gasteiger partial charge on any atom is 0.303 e. The summed E-state index contributed by atoms with van der Waals surface area (Å²) in [7, 11) is 1.93. The van der Waals surface area contributed by atoms with Crippen molar-refractivity contribution in [1.82, 2.24) is 10.2 Å². The quantitative estimate of drug-likeness (QED) is 0.658. The zero-order valence-electron chi connectivity index (χ0n) is 9.03. The number of carbonyl (C=O) groups excluding carboxylic acids is 1. The van der Waals surface area contributed by atoms with Crippen LogP contribution in [0.15, 0.2) is 0 Å². The Kier molecular flexibility index (Phi) is 4.71. The third-order valence-electron chi connectivity index (χ3n) is 2.70. The highest BCUT2D eigenvalue weighted by atomic mass is 16.4. The van der Waals surface area contributed by atoms with E-state index in [-0.39, 0.29) is 18.2 Å². The molecule has 1 aliphatic rings. The van der Waals surface area contributed by atoms with Gasteiger partial charge in [-0.1, -0.05) is 0 Å². The summed E-state index contributed by atoms with van der Waals surface area (Å²) in [6.07, 6.45) is 0.886. The number of nitrogens with zero attached hydrogens (tertiary/aromatic N) is 1. The number of Topliss-reactive ketones (excluding diaryl/α,β-unsaturated/α-hetero) is 1. The van der Waals surface area contributed by atoms with Gasteiger partial charge in [-0.3, -0.25) is 14.5 Å². The molecule has 2 N–H and O–H groups in total. The first-order valence-electron chi connectivity index (χ1n) is 5.26. The van der Waals surface area contributed by atoms with Crippen LogP contribution in [0.4, 0.5) is 0 Å². The molecule has 5 nitrogen and oxygen atoms in total. The van der Waals surface area contributed by atoms with Crippen LogP contribution in [0.5, 0.6) is 0 Å². The number of carbonyl (C=O) groups is 2. The molecule has 5 heteroatoms. The number of carboxylic acid groups (broad SMARTS) is 1. The predicted molar refractivity (Wildman–Crippen MR) is 55.8 cm³/mol. The number of rotatable bonds is 5. The van der Waals surface area contributed by atoms with Gasteiger partial charge < -0.3 is 10.4 Å². The highest BCUT2D eigenvalue weighted by Crippen LogP contribution is 2.06. The molecule has 0 amide bonds. The van der Waals surface area contributed by atoms with E-state index in [1.807, 2.05) is 11.9 Å². The van der Waals surface area contributed by atoms with E-state index in [1.54, 1.807) is 0 Å². The Labute approximate surface area is 89.4 Å². The first-order valence-corrected chi connectivity index (χ1v) is 5.26. The van der Waals surface area contributed by atoms with Gasteiger partial charge in [0, 0.05) is 32.5 Å². The smallest absolute Gasteiger partial charge is 0.303 e. The lowest BCUT2D eigenvalue weighted by Gasteiger charge is -2.31. The second-order valence-electron chi connectivity index (χ2n) is 3.91. The minimum absolute atomic E-state index is 0.0763. The second kappa shape index (κ2) is 5.82. The Morgan fingerprint density at radius 1 is 1.47 bits per heavy atom. The van der Waals surface area contributed by atoms with Crippen molar-refractivity contribution < 1.29 is 14.7 Å². The van der Waals surface area contributed by atoms with E-state index in [2.05, 4.69) is 5.32 Å². The maximum absolute atomic E-state index is 11.7. The van der Waals surface area contributed by atoms with Crippen molar-refractivity contribution >= 4 is 11.8 Å². The van der Waals surface area contributed by atoms with Crippen molar-refractivity contribution in [2.24, 2.45) is 0 Å². The molecule has 0 aromatic heterocycles. The summed E-state index contributed by atoms with van der Waals surface area (Å²) in [5, 5.41) is 11.6. The molecular formula is C10H18N2O3. The van der Waals surface area contributed by atoms with Crippen molar-refractivity contribution in [2.45, 2.75) is 25.3 Å². The summed E-state index contributed by atoms with van der Waals surface area (Å²) in [4.78, 5) is 24.0. The van der Waals surface area contributed by atoms with Gasteiger partial charge in [0.2, 0.25) is 0 Å². The number of ketones is 1. The van der Waals surface area contributed by atoms with Gasteiger partial charge in [0.25, 0.3) is 0 Å². The van der Waals surface area contributed by atoms with Crippen LogP contribution in [-0.2, 0) is 9.59 Å². The first-order chi connectivity index (χ1) is 7.11. The number of piperazine rings is 1. The van der Waals surface area contributed by atoms with Crippen molar-refractivity contribution in [2.75, 3.05) is 26.7 Å². The largest absolute Gasteiger partial charge is 0.481 e. The van der Waals surface area contributed by atoms with Crippen molar-refractivity contribution in [3.8, 4) is 0 Å². The SMILES string of the molecule is CN1CCNCC1C(=O)CCCC(=O)O. The standard InChI is InChI=1S/C10H18N2O3/c1-12-6-5-11-7-8(12)9(13)3-2-4-10(14)15/h8,11H,2-7H2,1H3,(H,14,15). The molecule has 86 valence electrons. The second-order valence-corrected chi connectivity index (χ2v) is 3.91. The fraction of sp³-hybridized carbons (Fsp3) is 0.800. The molecule has 0 bridgehead atoms. The van der Waals surface area contributed by atoms with E-state index in [1.165, 1.54) is 0 Å². The summed E-state index contributed by atoms with van der Waals surface area (Å²) in [5.74, 6) is -0.691. The molecule has 0 spiro atoms. The normalized spacial score (nSPS) is 22.6. The molecule has 0 saturated carbocycles. The Bertz CT molecular complexity index is 243. The summed E-state index contributed by atoms with van der Waals surface area (Å²) >= 11 is 0. The van der Waals surface area contributed by atoms with Crippen molar-refractivity contribution in [1.29, 1.82) is 0 Å². The summed E-state index contributed by atoms with van der Waals surface area (Å²) in [5.41, 5.74) is 0. The Morgan fingerprint density at radius 2 is 2.20 bits per heavy atom. The lowest BCUT2D eigenvalue weighted by atomic mass is 10.0. The number of hydrogen-bond acceptors (Lipinski definition) is 4. The maximum atomic E-state index is 11.7. The number of carboxylic acids is 1. The van der Waals surface area contributed by atoms with Crippen LogP contribution >= 0.6 is 0 Å². The van der Waals surface area contributed by atoms with Gasteiger partial charge in [0.1, 0.15) is 0 Å². The molecule has 1 heterocycles. The van der Waals surface area contributed by atoms with E-state index in [4.69, 9.17) is 5.11 Å². The van der Waals surface area contributed by atoms with Crippen LogP contribution in [0.25, 0.3) is 0 Å². The molecule has 1 aliphatic heterocycles. The van der Waals surface area contributed by atoms with Crippen LogP contribution in [0.3, 0.4) is 0 Å². The topological polar surface area (TPSA) is 69.6 Å². The molecular weight excluding hydrogens is 196 g/mol. The fourth-order valence-electron chi connectivity index (χ4n) is 1.75. The Morgan fingerprint density at radius 3 is 2.80 bits per heavy atom. The molecule has 0 aliphatic carbocycles. The number of likely N-dealkylation sites (N-methyl/N-ethyl adjacent to an activating group) is 1. The zero-order chi connectivity index (χ0) is 11.3. The van der Waals surface area contributed by atoms with Crippen LogP contribution in [-0.4, -0.2) is 54.5 Å². The molecule has 1 rings (SSSR count). The Hall–Kier alpha value is -0.940. The molecule has 1 unspecified atom stereocenters. The van der Waals surface area contributed by atoms with Crippen molar-refractivity contribution in [3.63, 3.8) is 0 Å². The van der Waals surface area contributed by atoms with E-state index < -0.39 is 5.97 Å². The van der Waals surface area contributed by atoms with E-state index in [9.17, 15) is 9.59 Å². The van der Waals surface area contributed by atoms with Crippen LogP contribution in [0.1, 0.15) is 19.3 Å². The van der Waals surface area contributed by atoms with Gasteiger partial charge in [-0.25, -0.2) is 0 Å². The van der Waals surface area contributed by atoms with Crippen molar-refractivity contribution in [3.05, 3.63) is 0 Å². The van der Waals surface area contributed by atoms with E-state index >= 15 is 0 Å². The summed E-state index contributed by atoms with van der Waals surface area (Å²) in [6, 6.07) is -0.0763. The number of aliphatic carboxylic acids is 1. The number of nitrogens with one attached hydrogen (secondary N) is 1. The minimum atomic E-state index is -0.835. The Balaban J connectivity index is 2.29. The summed E-state index contributed by atoms with van der Waals surface area (Å²) < 4.78 is 0. The minimum Gasteiger partial charge on any atom is -0.481 e.